The van der Waals surface area contributed by atoms with Gasteiger partial charge in [0.1, 0.15) is 6.04 Å². The number of piperidine rings is 1. The highest BCUT2D eigenvalue weighted by molar-refractivity contribution is 9.10. The molecule has 12 heteroatoms. The van der Waals surface area contributed by atoms with E-state index < -0.39 is 30.5 Å². The van der Waals surface area contributed by atoms with E-state index >= 15 is 0 Å². The molecule has 2 fully saturated rings. The molecule has 1 aromatic rings. The average molecular weight is 532 g/mol. The highest BCUT2D eigenvalue weighted by Gasteiger charge is 2.60. The van der Waals surface area contributed by atoms with Gasteiger partial charge in [0.2, 0.25) is 0 Å². The number of ether oxygens (including phenoxy) is 1. The standard InChI is InChI=1S/C20H24BrF6N3O2/c21-14-5-4-13(15(10-14)29-7-2-1-3-8-29)12-30-9-6-28-11-16(30)17(31)32-18(19(22,23)24)20(25,26)27/h4-5,10,16,18,28H,1-3,6-9,11-12H2. The van der Waals surface area contributed by atoms with Gasteiger partial charge < -0.3 is 15.0 Å². The van der Waals surface area contributed by atoms with E-state index in [0.29, 0.717) is 6.54 Å². The molecule has 0 saturated carbocycles. The second-order valence-electron chi connectivity index (χ2n) is 7.91. The monoisotopic (exact) mass is 531 g/mol. The summed E-state index contributed by atoms with van der Waals surface area (Å²) in [5.74, 6) is -1.55. The summed E-state index contributed by atoms with van der Waals surface area (Å²) in [5.41, 5.74) is 1.78. The van der Waals surface area contributed by atoms with E-state index in [9.17, 15) is 31.1 Å². The molecule has 32 heavy (non-hydrogen) atoms. The zero-order valence-corrected chi connectivity index (χ0v) is 18.7. The summed E-state index contributed by atoms with van der Waals surface area (Å²) in [7, 11) is 0. The predicted octanol–water partition coefficient (Wildman–Crippen LogP) is 4.25. The number of carbonyl (C=O) groups excluding carboxylic acids is 1. The number of nitrogens with one attached hydrogen (secondary N) is 1. The Labute approximate surface area is 190 Å². The third-order valence-corrected chi connectivity index (χ3v) is 6.07. The molecule has 2 aliphatic heterocycles. The topological polar surface area (TPSA) is 44.8 Å². The number of hydrogen-bond donors (Lipinski definition) is 1. The summed E-state index contributed by atoms with van der Waals surface area (Å²) in [6.45, 7) is 2.53. The van der Waals surface area contributed by atoms with Crippen molar-refractivity contribution in [1.29, 1.82) is 0 Å². The van der Waals surface area contributed by atoms with Crippen LogP contribution >= 0.6 is 15.9 Å². The third-order valence-electron chi connectivity index (χ3n) is 5.57. The van der Waals surface area contributed by atoms with Gasteiger partial charge in [0.25, 0.3) is 6.10 Å². The van der Waals surface area contributed by atoms with Gasteiger partial charge in [-0.1, -0.05) is 22.0 Å². The van der Waals surface area contributed by atoms with E-state index in [1.807, 2.05) is 18.2 Å². The molecule has 1 N–H and O–H groups in total. The van der Waals surface area contributed by atoms with E-state index in [4.69, 9.17) is 0 Å². The summed E-state index contributed by atoms with van der Waals surface area (Å²) >= 11 is 3.45. The quantitative estimate of drug-likeness (QED) is 0.454. The molecule has 0 spiro atoms. The van der Waals surface area contributed by atoms with Crippen molar-refractivity contribution in [1.82, 2.24) is 10.2 Å². The molecule has 2 heterocycles. The smallest absolute Gasteiger partial charge is 0.434 e. The number of rotatable bonds is 5. The van der Waals surface area contributed by atoms with Gasteiger partial charge in [-0.2, -0.15) is 26.3 Å². The van der Waals surface area contributed by atoms with Gasteiger partial charge in [-0.15, -0.1) is 0 Å². The number of hydrogen-bond acceptors (Lipinski definition) is 5. The van der Waals surface area contributed by atoms with Crippen LogP contribution in [0.25, 0.3) is 0 Å². The maximum Gasteiger partial charge on any atom is 0.434 e. The Hall–Kier alpha value is -1.53. The number of nitrogens with zero attached hydrogens (tertiary/aromatic N) is 2. The van der Waals surface area contributed by atoms with Crippen LogP contribution in [-0.2, 0) is 16.1 Å². The van der Waals surface area contributed by atoms with Crippen LogP contribution in [0.1, 0.15) is 24.8 Å². The fourth-order valence-corrected chi connectivity index (χ4v) is 4.35. The Morgan fingerprint density at radius 3 is 2.38 bits per heavy atom. The zero-order valence-electron chi connectivity index (χ0n) is 17.1. The highest BCUT2D eigenvalue weighted by atomic mass is 79.9. The van der Waals surface area contributed by atoms with Gasteiger partial charge in [-0.25, -0.2) is 0 Å². The molecule has 0 radical (unpaired) electrons. The minimum Gasteiger partial charge on any atom is -0.442 e. The molecule has 1 atom stereocenters. The normalized spacial score (nSPS) is 21.1. The maximum absolute atomic E-state index is 12.8. The molecule has 2 saturated heterocycles. The van der Waals surface area contributed by atoms with Gasteiger partial charge in [0, 0.05) is 49.4 Å². The van der Waals surface area contributed by atoms with Crippen molar-refractivity contribution < 1.29 is 35.9 Å². The number of esters is 1. The van der Waals surface area contributed by atoms with Crippen molar-refractivity contribution >= 4 is 27.6 Å². The van der Waals surface area contributed by atoms with Crippen molar-refractivity contribution in [3.63, 3.8) is 0 Å². The van der Waals surface area contributed by atoms with Crippen LogP contribution < -0.4 is 10.2 Å². The van der Waals surface area contributed by atoms with Gasteiger partial charge in [0.05, 0.1) is 0 Å². The molecule has 0 aliphatic carbocycles. The van der Waals surface area contributed by atoms with Gasteiger partial charge >= 0.3 is 18.3 Å². The van der Waals surface area contributed by atoms with E-state index in [-0.39, 0.29) is 19.6 Å². The first-order valence-corrected chi connectivity index (χ1v) is 11.1. The number of alkyl halides is 6. The lowest BCUT2D eigenvalue weighted by atomic mass is 10.1. The fraction of sp³-hybridized carbons (Fsp3) is 0.650. The molecule has 5 nitrogen and oxygen atoms in total. The van der Waals surface area contributed by atoms with Crippen molar-refractivity contribution in [2.45, 2.75) is 50.3 Å². The Morgan fingerprint density at radius 1 is 1.09 bits per heavy atom. The van der Waals surface area contributed by atoms with Crippen LogP contribution in [0, 0.1) is 0 Å². The molecule has 1 unspecified atom stereocenters. The molecule has 3 rings (SSSR count). The van der Waals surface area contributed by atoms with Crippen molar-refractivity contribution in [3.8, 4) is 0 Å². The molecular weight excluding hydrogens is 508 g/mol. The molecule has 2 aliphatic rings. The van der Waals surface area contributed by atoms with Crippen molar-refractivity contribution in [2.24, 2.45) is 0 Å². The summed E-state index contributed by atoms with van der Waals surface area (Å²) < 4.78 is 81.9. The summed E-state index contributed by atoms with van der Waals surface area (Å²) in [6.07, 6.45) is -12.4. The Morgan fingerprint density at radius 2 is 1.75 bits per heavy atom. The SMILES string of the molecule is O=C(OC(C(F)(F)F)C(F)(F)F)C1CNCCN1Cc1ccc(Br)cc1N1CCCCC1. The molecular formula is C20H24BrF6N3O2. The number of halogens is 7. The van der Waals surface area contributed by atoms with E-state index in [2.05, 4.69) is 30.9 Å². The van der Waals surface area contributed by atoms with E-state index in [1.165, 1.54) is 0 Å². The van der Waals surface area contributed by atoms with Gasteiger partial charge in [-0.05, 0) is 37.0 Å². The van der Waals surface area contributed by atoms with Gasteiger partial charge in [-0.3, -0.25) is 9.69 Å². The first kappa shape index (κ1) is 25.1. The second kappa shape index (κ2) is 10.2. The minimum atomic E-state index is -5.74. The molecule has 0 amide bonds. The number of carbonyl (C=O) groups is 1. The first-order valence-electron chi connectivity index (χ1n) is 10.3. The first-order chi connectivity index (χ1) is 15.0. The maximum atomic E-state index is 12.8. The largest absolute Gasteiger partial charge is 0.442 e. The van der Waals surface area contributed by atoms with E-state index in [1.54, 1.807) is 4.90 Å². The Balaban J connectivity index is 1.79. The van der Waals surface area contributed by atoms with Crippen LogP contribution in [0.3, 0.4) is 0 Å². The molecule has 180 valence electrons. The van der Waals surface area contributed by atoms with Crippen LogP contribution in [0.4, 0.5) is 32.0 Å². The Bertz CT molecular complexity index is 785. The lowest BCUT2D eigenvalue weighted by Crippen LogP contribution is -2.57. The summed E-state index contributed by atoms with van der Waals surface area (Å²) in [6, 6.07) is 4.35. The highest BCUT2D eigenvalue weighted by Crippen LogP contribution is 2.36. The fourth-order valence-electron chi connectivity index (χ4n) is 4.00. The second-order valence-corrected chi connectivity index (χ2v) is 8.83. The Kier molecular flexibility index (Phi) is 7.97. The van der Waals surface area contributed by atoms with Crippen LogP contribution in [0.2, 0.25) is 0 Å². The number of benzene rings is 1. The van der Waals surface area contributed by atoms with Crippen LogP contribution in [0.5, 0.6) is 0 Å². The molecule has 0 aromatic heterocycles. The van der Waals surface area contributed by atoms with Crippen LogP contribution in [0.15, 0.2) is 22.7 Å². The zero-order chi connectivity index (χ0) is 23.5. The van der Waals surface area contributed by atoms with Crippen LogP contribution in [-0.4, -0.2) is 68.1 Å². The predicted molar refractivity (Wildman–Crippen MR) is 109 cm³/mol. The van der Waals surface area contributed by atoms with Gasteiger partial charge in [0.15, 0.2) is 0 Å². The van der Waals surface area contributed by atoms with Crippen molar-refractivity contribution in [2.75, 3.05) is 37.6 Å². The summed E-state index contributed by atoms with van der Waals surface area (Å²) in [4.78, 5) is 16.2. The number of anilines is 1. The van der Waals surface area contributed by atoms with E-state index in [0.717, 1.165) is 48.1 Å². The van der Waals surface area contributed by atoms with Crippen molar-refractivity contribution in [3.05, 3.63) is 28.2 Å². The minimum absolute atomic E-state index is 0.100. The summed E-state index contributed by atoms with van der Waals surface area (Å²) in [5, 5.41) is 2.85. The average Bonchev–Trinajstić information content (AvgIpc) is 2.72. The number of piperazine rings is 1. The lowest BCUT2D eigenvalue weighted by Gasteiger charge is -2.37. The lowest BCUT2D eigenvalue weighted by molar-refractivity contribution is -0.314. The molecule has 0 bridgehead atoms. The third kappa shape index (κ3) is 6.28. The molecule has 1 aromatic carbocycles.